The number of piperidine rings is 1. The predicted molar refractivity (Wildman–Crippen MR) is 98.7 cm³/mol. The average molecular weight is 457 g/mol. The third kappa shape index (κ3) is 5.89. The van der Waals surface area contributed by atoms with Crippen molar-refractivity contribution in [2.75, 3.05) is 25.9 Å². The van der Waals surface area contributed by atoms with E-state index in [1.807, 2.05) is 17.2 Å². The Morgan fingerprint density at radius 2 is 1.97 bits per heavy atom. The molecule has 3 heterocycles. The molecule has 1 aromatic rings. The van der Waals surface area contributed by atoms with Crippen LogP contribution in [0.3, 0.4) is 0 Å². The van der Waals surface area contributed by atoms with Crippen LogP contribution < -0.4 is 0 Å². The number of sulfonamides is 1. The highest BCUT2D eigenvalue weighted by Crippen LogP contribution is 2.41. The number of likely N-dealkylation sites (tertiary alicyclic amines) is 1. The van der Waals surface area contributed by atoms with Gasteiger partial charge in [0.05, 0.1) is 28.9 Å². The first-order chi connectivity index (χ1) is 13.2. The van der Waals surface area contributed by atoms with Crippen molar-refractivity contribution in [3.8, 4) is 0 Å². The van der Waals surface area contributed by atoms with Crippen LogP contribution in [0.25, 0.3) is 0 Å². The van der Waals surface area contributed by atoms with E-state index in [1.54, 1.807) is 11.3 Å². The van der Waals surface area contributed by atoms with E-state index in [1.165, 1.54) is 10.6 Å². The maximum atomic E-state index is 12.8. The number of rotatable bonds is 3. The normalized spacial score (nSPS) is 23.2. The highest BCUT2D eigenvalue weighted by atomic mass is 32.2. The average Bonchev–Trinajstić information content (AvgIpc) is 3.13. The molecule has 2 saturated heterocycles. The van der Waals surface area contributed by atoms with E-state index in [0.717, 1.165) is 30.0 Å². The van der Waals surface area contributed by atoms with Crippen molar-refractivity contribution in [2.45, 2.75) is 38.9 Å². The number of thiazole rings is 1. The quantitative estimate of drug-likeness (QED) is 0.742. The molecular weight excluding hydrogens is 435 g/mol. The maximum Gasteiger partial charge on any atom is 0.490 e. The number of amides is 1. The highest BCUT2D eigenvalue weighted by molar-refractivity contribution is 7.88. The van der Waals surface area contributed by atoms with E-state index in [9.17, 15) is 26.4 Å². The number of carbonyl (C=O) groups excluding carboxylic acids is 1. The van der Waals surface area contributed by atoms with E-state index in [-0.39, 0.29) is 5.91 Å². The van der Waals surface area contributed by atoms with Crippen LogP contribution >= 0.6 is 11.3 Å². The Kier molecular flexibility index (Phi) is 6.95. The van der Waals surface area contributed by atoms with Crippen molar-refractivity contribution in [1.82, 2.24) is 14.2 Å². The Labute approximate surface area is 170 Å². The third-order valence-electron chi connectivity index (χ3n) is 4.87. The predicted octanol–water partition coefficient (Wildman–Crippen LogP) is 1.86. The molecular formula is C16H22F3N3O5S2. The lowest BCUT2D eigenvalue weighted by molar-refractivity contribution is -0.192. The largest absolute Gasteiger partial charge is 0.490 e. The molecule has 1 unspecified atom stereocenters. The molecule has 13 heteroatoms. The Hall–Kier alpha value is -1.73. The first kappa shape index (κ1) is 23.5. The lowest BCUT2D eigenvalue weighted by atomic mass is 9.79. The second kappa shape index (κ2) is 8.56. The molecule has 2 aliphatic rings. The molecule has 1 atom stereocenters. The smallest absolute Gasteiger partial charge is 0.475 e. The van der Waals surface area contributed by atoms with E-state index < -0.39 is 27.6 Å². The van der Waals surface area contributed by atoms with E-state index >= 15 is 0 Å². The maximum absolute atomic E-state index is 12.8. The summed E-state index contributed by atoms with van der Waals surface area (Å²) < 4.78 is 56.8. The SMILES string of the molecule is Cc1nc(CN2CCC3(CCCN(S(C)(=O)=O)C3)C2=O)cs1.O=C(O)C(F)(F)F. The second-order valence-electron chi connectivity index (χ2n) is 7.12. The summed E-state index contributed by atoms with van der Waals surface area (Å²) in [6.07, 6.45) is -1.59. The molecule has 1 amide bonds. The minimum atomic E-state index is -5.08. The van der Waals surface area contributed by atoms with E-state index in [0.29, 0.717) is 26.2 Å². The van der Waals surface area contributed by atoms with Crippen LogP contribution in [-0.2, 0) is 26.2 Å². The van der Waals surface area contributed by atoms with Crippen LogP contribution in [0, 0.1) is 12.3 Å². The van der Waals surface area contributed by atoms with Gasteiger partial charge in [-0.2, -0.15) is 13.2 Å². The molecule has 164 valence electrons. The van der Waals surface area contributed by atoms with Gasteiger partial charge in [-0.05, 0) is 26.2 Å². The zero-order valence-corrected chi connectivity index (χ0v) is 17.5. The molecule has 0 radical (unpaired) electrons. The summed E-state index contributed by atoms with van der Waals surface area (Å²) in [6, 6.07) is 0. The van der Waals surface area contributed by atoms with Crippen LogP contribution in [0.4, 0.5) is 13.2 Å². The third-order valence-corrected chi connectivity index (χ3v) is 6.95. The van der Waals surface area contributed by atoms with Gasteiger partial charge in [0.2, 0.25) is 15.9 Å². The fourth-order valence-electron chi connectivity index (χ4n) is 3.47. The van der Waals surface area contributed by atoms with Gasteiger partial charge in [0.15, 0.2) is 0 Å². The molecule has 0 saturated carbocycles. The lowest BCUT2D eigenvalue weighted by Gasteiger charge is -2.37. The standard InChI is InChI=1S/C14H21N3O3S2.C2HF3O2/c1-11-15-12(9-21-11)8-16-7-5-14(13(16)18)4-3-6-17(10-14)22(2,19)20;3-2(4,5)1(6)7/h9H,3-8,10H2,1-2H3;(H,6,7). The molecule has 0 aliphatic carbocycles. The number of aliphatic carboxylic acids is 1. The van der Waals surface area contributed by atoms with Gasteiger partial charge in [-0.3, -0.25) is 4.79 Å². The summed E-state index contributed by atoms with van der Waals surface area (Å²) in [5.41, 5.74) is 0.399. The topological polar surface area (TPSA) is 108 Å². The molecule has 1 aromatic heterocycles. The van der Waals surface area contributed by atoms with Gasteiger partial charge >= 0.3 is 12.1 Å². The molecule has 0 bridgehead atoms. The number of aryl methyl sites for hydroxylation is 1. The van der Waals surface area contributed by atoms with Gasteiger partial charge in [0, 0.05) is 25.0 Å². The Bertz CT molecular complexity index is 871. The number of carboxylic acids is 1. The summed E-state index contributed by atoms with van der Waals surface area (Å²) in [4.78, 5) is 28.0. The van der Waals surface area contributed by atoms with Crippen molar-refractivity contribution >= 4 is 33.2 Å². The molecule has 3 rings (SSSR count). The fourth-order valence-corrected chi connectivity index (χ4v) is 5.02. The van der Waals surface area contributed by atoms with Gasteiger partial charge in [0.25, 0.3) is 0 Å². The summed E-state index contributed by atoms with van der Waals surface area (Å²) in [5.74, 6) is -2.67. The molecule has 29 heavy (non-hydrogen) atoms. The van der Waals surface area contributed by atoms with Crippen LogP contribution in [0.15, 0.2) is 5.38 Å². The Balaban J connectivity index is 0.000000370. The van der Waals surface area contributed by atoms with Gasteiger partial charge in [0.1, 0.15) is 0 Å². The fraction of sp³-hybridized carbons (Fsp3) is 0.688. The molecule has 2 aliphatic heterocycles. The van der Waals surface area contributed by atoms with Crippen molar-refractivity contribution in [3.05, 3.63) is 16.1 Å². The molecule has 2 fully saturated rings. The molecule has 0 aromatic carbocycles. The van der Waals surface area contributed by atoms with Crippen LogP contribution in [-0.4, -0.2) is 71.7 Å². The summed E-state index contributed by atoms with van der Waals surface area (Å²) >= 11 is 1.58. The lowest BCUT2D eigenvalue weighted by Crippen LogP contribution is -2.49. The number of aromatic nitrogens is 1. The van der Waals surface area contributed by atoms with Crippen LogP contribution in [0.2, 0.25) is 0 Å². The Morgan fingerprint density at radius 3 is 2.45 bits per heavy atom. The molecule has 1 spiro atoms. The highest BCUT2D eigenvalue weighted by Gasteiger charge is 2.50. The van der Waals surface area contributed by atoms with Crippen molar-refractivity contribution in [1.29, 1.82) is 0 Å². The number of hydrogen-bond donors (Lipinski definition) is 1. The number of carbonyl (C=O) groups is 2. The Morgan fingerprint density at radius 1 is 1.34 bits per heavy atom. The summed E-state index contributed by atoms with van der Waals surface area (Å²) in [7, 11) is -3.23. The molecule has 8 nitrogen and oxygen atoms in total. The first-order valence-corrected chi connectivity index (χ1v) is 11.4. The number of halogens is 3. The summed E-state index contributed by atoms with van der Waals surface area (Å²) in [6.45, 7) is 4.03. The number of alkyl halides is 3. The van der Waals surface area contributed by atoms with Crippen molar-refractivity contribution in [3.63, 3.8) is 0 Å². The number of hydrogen-bond acceptors (Lipinski definition) is 6. The molecule has 1 N–H and O–H groups in total. The number of carboxylic acid groups (broad SMARTS) is 1. The minimum absolute atomic E-state index is 0.0894. The second-order valence-corrected chi connectivity index (χ2v) is 10.2. The van der Waals surface area contributed by atoms with Gasteiger partial charge in [-0.25, -0.2) is 22.5 Å². The van der Waals surface area contributed by atoms with Crippen LogP contribution in [0.1, 0.15) is 30.0 Å². The number of nitrogens with zero attached hydrogens (tertiary/aromatic N) is 3. The van der Waals surface area contributed by atoms with Crippen molar-refractivity contribution < 1.29 is 36.3 Å². The summed E-state index contributed by atoms with van der Waals surface area (Å²) in [5, 5.41) is 10.1. The van der Waals surface area contributed by atoms with Gasteiger partial charge in [-0.15, -0.1) is 11.3 Å². The zero-order valence-electron chi connectivity index (χ0n) is 15.9. The van der Waals surface area contributed by atoms with Gasteiger partial charge < -0.3 is 10.0 Å². The zero-order chi connectivity index (χ0) is 22.0. The first-order valence-electron chi connectivity index (χ1n) is 8.70. The van der Waals surface area contributed by atoms with Crippen LogP contribution in [0.5, 0.6) is 0 Å². The van der Waals surface area contributed by atoms with Crippen molar-refractivity contribution in [2.24, 2.45) is 5.41 Å². The monoisotopic (exact) mass is 457 g/mol. The minimum Gasteiger partial charge on any atom is -0.475 e. The van der Waals surface area contributed by atoms with Gasteiger partial charge in [-0.1, -0.05) is 0 Å². The van der Waals surface area contributed by atoms with E-state index in [4.69, 9.17) is 9.90 Å². The van der Waals surface area contributed by atoms with E-state index in [2.05, 4.69) is 4.98 Å².